The summed E-state index contributed by atoms with van der Waals surface area (Å²) in [5, 5.41) is 25.3. The lowest BCUT2D eigenvalue weighted by molar-refractivity contribution is -0.143. The number of carboxylic acid groups (broad SMARTS) is 2. The molecule has 4 atom stereocenters. The molecule has 5 amide bonds. The minimum atomic E-state index is -1.54. The zero-order valence-corrected chi connectivity index (χ0v) is 20.4. The molecule has 0 saturated carbocycles. The molecule has 0 aliphatic carbocycles. The lowest BCUT2D eigenvalue weighted by Gasteiger charge is -2.25. The number of primary amides is 2. The van der Waals surface area contributed by atoms with Crippen molar-refractivity contribution in [1.29, 1.82) is 0 Å². The summed E-state index contributed by atoms with van der Waals surface area (Å²) in [5.41, 5.74) is 16.4. The van der Waals surface area contributed by atoms with E-state index in [1.54, 1.807) is 30.3 Å². The van der Waals surface area contributed by atoms with Gasteiger partial charge < -0.3 is 43.4 Å². The van der Waals surface area contributed by atoms with Gasteiger partial charge in [0.1, 0.15) is 18.1 Å². The van der Waals surface area contributed by atoms with E-state index in [2.05, 4.69) is 16.0 Å². The van der Waals surface area contributed by atoms with Crippen molar-refractivity contribution in [3.8, 4) is 0 Å². The molecular formula is C23H32N6O9. The van der Waals surface area contributed by atoms with Crippen molar-refractivity contribution in [3.63, 3.8) is 0 Å². The number of carboxylic acids is 2. The van der Waals surface area contributed by atoms with E-state index in [1.807, 2.05) is 0 Å². The number of carbonyl (C=O) groups is 7. The van der Waals surface area contributed by atoms with Crippen molar-refractivity contribution in [2.75, 3.05) is 0 Å². The summed E-state index contributed by atoms with van der Waals surface area (Å²) >= 11 is 0. The third-order valence-electron chi connectivity index (χ3n) is 5.25. The molecule has 4 unspecified atom stereocenters. The molecule has 0 heterocycles. The average Bonchev–Trinajstić information content (AvgIpc) is 2.83. The Bertz CT molecular complexity index is 1030. The van der Waals surface area contributed by atoms with Crippen molar-refractivity contribution in [2.24, 2.45) is 17.2 Å². The fraction of sp³-hybridized carbons (Fsp3) is 0.435. The molecule has 0 bridgehead atoms. The Balaban J connectivity index is 3.13. The molecule has 208 valence electrons. The smallest absolute Gasteiger partial charge is 0.326 e. The van der Waals surface area contributed by atoms with Crippen LogP contribution in [0.3, 0.4) is 0 Å². The maximum Gasteiger partial charge on any atom is 0.326 e. The van der Waals surface area contributed by atoms with Crippen LogP contribution in [0, 0.1) is 0 Å². The van der Waals surface area contributed by atoms with E-state index >= 15 is 0 Å². The monoisotopic (exact) mass is 536 g/mol. The predicted octanol–water partition coefficient (Wildman–Crippen LogP) is -2.90. The van der Waals surface area contributed by atoms with Crippen LogP contribution in [0.15, 0.2) is 30.3 Å². The number of benzene rings is 1. The van der Waals surface area contributed by atoms with Gasteiger partial charge in [-0.2, -0.15) is 0 Å². The van der Waals surface area contributed by atoms with Crippen LogP contribution in [0.1, 0.15) is 37.7 Å². The highest BCUT2D eigenvalue weighted by Crippen LogP contribution is 2.07. The van der Waals surface area contributed by atoms with Crippen molar-refractivity contribution in [2.45, 2.75) is 62.7 Å². The fourth-order valence-corrected chi connectivity index (χ4v) is 3.27. The van der Waals surface area contributed by atoms with Gasteiger partial charge >= 0.3 is 11.9 Å². The van der Waals surface area contributed by atoms with E-state index in [9.17, 15) is 38.7 Å². The third-order valence-corrected chi connectivity index (χ3v) is 5.25. The van der Waals surface area contributed by atoms with Gasteiger partial charge in [0.2, 0.25) is 29.5 Å². The molecule has 1 aromatic carbocycles. The number of nitrogens with one attached hydrogen (secondary N) is 3. The molecule has 0 aliphatic rings. The fourth-order valence-electron chi connectivity index (χ4n) is 3.27. The van der Waals surface area contributed by atoms with Crippen LogP contribution < -0.4 is 33.2 Å². The first kappa shape index (κ1) is 31.5. The quantitative estimate of drug-likeness (QED) is 0.100. The molecule has 15 heteroatoms. The molecule has 0 aliphatic heterocycles. The minimum absolute atomic E-state index is 0.0641. The van der Waals surface area contributed by atoms with Gasteiger partial charge in [-0.3, -0.25) is 28.8 Å². The normalized spacial score (nSPS) is 13.7. The van der Waals surface area contributed by atoms with E-state index < -0.39 is 84.9 Å². The minimum Gasteiger partial charge on any atom is -0.481 e. The molecule has 1 rings (SSSR count). The van der Waals surface area contributed by atoms with Crippen LogP contribution in [0.4, 0.5) is 0 Å². The molecule has 0 radical (unpaired) electrons. The largest absolute Gasteiger partial charge is 0.481 e. The Labute approximate surface area is 217 Å². The van der Waals surface area contributed by atoms with Crippen molar-refractivity contribution in [1.82, 2.24) is 16.0 Å². The Morgan fingerprint density at radius 1 is 0.711 bits per heavy atom. The average molecular weight is 537 g/mol. The first-order valence-corrected chi connectivity index (χ1v) is 11.5. The summed E-state index contributed by atoms with van der Waals surface area (Å²) in [6, 6.07) is 2.72. The van der Waals surface area contributed by atoms with E-state index in [0.29, 0.717) is 5.56 Å². The van der Waals surface area contributed by atoms with Crippen molar-refractivity contribution < 1.29 is 43.8 Å². The summed E-state index contributed by atoms with van der Waals surface area (Å²) in [6.07, 6.45) is -2.21. The highest BCUT2D eigenvalue weighted by atomic mass is 16.4. The summed E-state index contributed by atoms with van der Waals surface area (Å²) in [4.78, 5) is 83.2. The number of carbonyl (C=O) groups excluding carboxylic acids is 5. The number of nitrogens with two attached hydrogens (primary N) is 3. The molecule has 0 fully saturated rings. The number of hydrogen-bond acceptors (Lipinski definition) is 8. The first-order chi connectivity index (χ1) is 17.8. The molecule has 0 spiro atoms. The highest BCUT2D eigenvalue weighted by molar-refractivity contribution is 5.95. The lowest BCUT2D eigenvalue weighted by Crippen LogP contribution is -2.58. The second kappa shape index (κ2) is 15.6. The SMILES string of the molecule is NC(=O)CCC(NC(=O)C(CCC(=O)O)NC(=O)C(Cc1ccccc1)NC(=O)C(N)CC(N)=O)C(=O)O. The lowest BCUT2D eigenvalue weighted by atomic mass is 10.0. The second-order valence-corrected chi connectivity index (χ2v) is 8.43. The zero-order valence-electron chi connectivity index (χ0n) is 20.4. The molecule has 11 N–H and O–H groups in total. The van der Waals surface area contributed by atoms with E-state index in [0.717, 1.165) is 0 Å². The molecule has 15 nitrogen and oxygen atoms in total. The number of rotatable bonds is 17. The predicted molar refractivity (Wildman–Crippen MR) is 131 cm³/mol. The van der Waals surface area contributed by atoms with Crippen LogP contribution in [-0.4, -0.2) is 75.9 Å². The molecule has 0 aromatic heterocycles. The Kier molecular flexibility index (Phi) is 12.9. The van der Waals surface area contributed by atoms with E-state index in [-0.39, 0.29) is 19.3 Å². The number of hydrogen-bond donors (Lipinski definition) is 8. The molecule has 0 saturated heterocycles. The van der Waals surface area contributed by atoms with Crippen LogP contribution in [0.5, 0.6) is 0 Å². The first-order valence-electron chi connectivity index (χ1n) is 11.5. The maximum atomic E-state index is 13.2. The van der Waals surface area contributed by atoms with Crippen molar-refractivity contribution >= 4 is 41.5 Å². The van der Waals surface area contributed by atoms with Gasteiger partial charge in [-0.05, 0) is 18.4 Å². The molecule has 38 heavy (non-hydrogen) atoms. The van der Waals surface area contributed by atoms with Gasteiger partial charge in [0, 0.05) is 19.3 Å². The Morgan fingerprint density at radius 2 is 1.24 bits per heavy atom. The summed E-state index contributed by atoms with van der Waals surface area (Å²) < 4.78 is 0. The summed E-state index contributed by atoms with van der Waals surface area (Å²) in [7, 11) is 0. The van der Waals surface area contributed by atoms with Crippen molar-refractivity contribution in [3.05, 3.63) is 35.9 Å². The standard InChI is InChI=1S/C23H32N6O9/c24-13(11-18(26)31)20(34)29-16(10-12-4-2-1-3-5-12)22(36)27-14(7-9-19(32)33)21(35)28-15(23(37)38)6-8-17(25)30/h1-5,13-16H,6-11,24H2,(H2,25,30)(H2,26,31)(H,27,36)(H,28,35)(H,29,34)(H,32,33)(H,37,38). The van der Waals surface area contributed by atoms with Gasteiger partial charge in [-0.1, -0.05) is 30.3 Å². The van der Waals surface area contributed by atoms with Crippen LogP contribution in [0.25, 0.3) is 0 Å². The van der Waals surface area contributed by atoms with Gasteiger partial charge in [-0.15, -0.1) is 0 Å². The van der Waals surface area contributed by atoms with Gasteiger partial charge in [0.05, 0.1) is 12.5 Å². The van der Waals surface area contributed by atoms with Gasteiger partial charge in [0.25, 0.3) is 0 Å². The topological polar surface area (TPSA) is 274 Å². The van der Waals surface area contributed by atoms with Crippen LogP contribution in [-0.2, 0) is 40.0 Å². The van der Waals surface area contributed by atoms with E-state index in [1.165, 1.54) is 0 Å². The molecular weight excluding hydrogens is 504 g/mol. The Hall–Kier alpha value is -4.53. The summed E-state index contributed by atoms with van der Waals surface area (Å²) in [6.45, 7) is 0. The van der Waals surface area contributed by atoms with Gasteiger partial charge in [0.15, 0.2) is 0 Å². The van der Waals surface area contributed by atoms with Crippen LogP contribution >= 0.6 is 0 Å². The number of amides is 5. The van der Waals surface area contributed by atoms with Gasteiger partial charge in [-0.25, -0.2) is 4.79 Å². The maximum absolute atomic E-state index is 13.2. The third kappa shape index (κ3) is 11.9. The van der Waals surface area contributed by atoms with Crippen LogP contribution in [0.2, 0.25) is 0 Å². The Morgan fingerprint density at radius 3 is 1.76 bits per heavy atom. The summed E-state index contributed by atoms with van der Waals surface area (Å²) in [5.74, 6) is -7.19. The number of aliphatic carboxylic acids is 2. The molecule has 1 aromatic rings. The van der Waals surface area contributed by atoms with E-state index in [4.69, 9.17) is 22.3 Å². The zero-order chi connectivity index (χ0) is 28.8. The second-order valence-electron chi connectivity index (χ2n) is 8.43. The highest BCUT2D eigenvalue weighted by Gasteiger charge is 2.31.